The van der Waals surface area contributed by atoms with Crippen LogP contribution >= 0.6 is 11.8 Å². The maximum Gasteiger partial charge on any atom is 0.292 e. The number of non-ortho nitro benzene ring substituents is 1. The highest BCUT2D eigenvalue weighted by molar-refractivity contribution is 8.14. The predicted octanol–water partition coefficient (Wildman–Crippen LogP) is 2.69. The van der Waals surface area contributed by atoms with Crippen molar-refractivity contribution in [2.24, 2.45) is 4.99 Å². The Morgan fingerprint density at radius 1 is 1.36 bits per heavy atom. The molecule has 3 rings (SSSR count). The van der Waals surface area contributed by atoms with Crippen LogP contribution in [0.4, 0.5) is 5.69 Å². The lowest BCUT2D eigenvalue weighted by molar-refractivity contribution is -0.384. The van der Waals surface area contributed by atoms with Crippen LogP contribution in [0, 0.1) is 10.1 Å². The number of rotatable bonds is 3. The third-order valence-corrected chi connectivity index (χ3v) is 3.87. The zero-order valence-electron chi connectivity index (χ0n) is 11.3. The summed E-state index contributed by atoms with van der Waals surface area (Å²) in [7, 11) is 0. The number of carbonyl (C=O) groups excluding carboxylic acids is 1. The van der Waals surface area contributed by atoms with Gasteiger partial charge in [0.25, 0.3) is 11.6 Å². The second-order valence-electron chi connectivity index (χ2n) is 4.46. The number of nitro groups is 1. The quantitative estimate of drug-likeness (QED) is 0.693. The molecule has 1 aromatic carbocycles. The van der Waals surface area contributed by atoms with Crippen molar-refractivity contribution in [1.29, 1.82) is 0 Å². The highest BCUT2D eigenvalue weighted by atomic mass is 32.2. The average Bonchev–Trinajstić information content (AvgIpc) is 3.18. The molecule has 2 heterocycles. The fourth-order valence-electron chi connectivity index (χ4n) is 1.96. The number of nitrogens with zero attached hydrogens (tertiary/aromatic N) is 2. The molecule has 0 aliphatic carbocycles. The second kappa shape index (κ2) is 6.02. The molecule has 2 aromatic rings. The van der Waals surface area contributed by atoms with Gasteiger partial charge in [0.2, 0.25) is 0 Å². The van der Waals surface area contributed by atoms with Crippen molar-refractivity contribution in [1.82, 2.24) is 5.32 Å². The first-order chi connectivity index (χ1) is 10.6. The van der Waals surface area contributed by atoms with E-state index in [4.69, 9.17) is 4.42 Å². The summed E-state index contributed by atoms with van der Waals surface area (Å²) in [6, 6.07) is 9.19. The molecular weight excluding hydrogens is 306 g/mol. The molecule has 0 fully saturated rings. The predicted molar refractivity (Wildman–Crippen MR) is 83.0 cm³/mol. The molecular formula is C14H11N3O4S. The summed E-state index contributed by atoms with van der Waals surface area (Å²) in [6.07, 6.45) is 0. The molecule has 22 heavy (non-hydrogen) atoms. The third kappa shape index (κ3) is 3.01. The maximum absolute atomic E-state index is 12.0. The lowest BCUT2D eigenvalue weighted by atomic mass is 10.1. The van der Waals surface area contributed by atoms with Gasteiger partial charge in [0.15, 0.2) is 10.9 Å². The number of amides is 1. The molecule has 0 saturated heterocycles. The van der Waals surface area contributed by atoms with Gasteiger partial charge in [-0.1, -0.05) is 23.9 Å². The molecule has 1 N–H and O–H groups in total. The van der Waals surface area contributed by atoms with Gasteiger partial charge in [-0.15, -0.1) is 0 Å². The Kier molecular flexibility index (Phi) is 3.92. The molecule has 8 heteroatoms. The lowest BCUT2D eigenvalue weighted by Crippen LogP contribution is -2.26. The van der Waals surface area contributed by atoms with E-state index in [0.29, 0.717) is 23.0 Å². The number of hydrogen-bond acceptors (Lipinski definition) is 6. The van der Waals surface area contributed by atoms with Gasteiger partial charge in [-0.05, 0) is 12.1 Å². The Bertz CT molecular complexity index is 769. The number of amidine groups is 1. The minimum Gasteiger partial charge on any atom is -0.451 e. The standard InChI is InChI=1S/C14H11N3O4S/c18-13(16-14-15-6-7-22-14)12-5-4-11(21-12)9-2-1-3-10(8-9)17(19)20/h1-5,8H,6-7H2,(H,15,16,18). The topological polar surface area (TPSA) is 97.7 Å². The Morgan fingerprint density at radius 2 is 2.23 bits per heavy atom. The van der Waals surface area contributed by atoms with Crippen LogP contribution in [-0.2, 0) is 0 Å². The van der Waals surface area contributed by atoms with E-state index in [1.807, 2.05) is 0 Å². The number of thioether (sulfide) groups is 1. The molecule has 1 aromatic heterocycles. The summed E-state index contributed by atoms with van der Waals surface area (Å²) < 4.78 is 5.48. The van der Waals surface area contributed by atoms with E-state index in [2.05, 4.69) is 10.3 Å². The Balaban J connectivity index is 1.79. The second-order valence-corrected chi connectivity index (χ2v) is 5.54. The number of carbonyl (C=O) groups is 1. The zero-order chi connectivity index (χ0) is 15.5. The van der Waals surface area contributed by atoms with E-state index in [-0.39, 0.29) is 17.4 Å². The number of benzene rings is 1. The van der Waals surface area contributed by atoms with Gasteiger partial charge in [0.05, 0.1) is 11.5 Å². The van der Waals surface area contributed by atoms with Crippen molar-refractivity contribution in [2.45, 2.75) is 0 Å². The van der Waals surface area contributed by atoms with Crippen LogP contribution in [0.3, 0.4) is 0 Å². The minimum atomic E-state index is -0.477. The van der Waals surface area contributed by atoms with Crippen LogP contribution in [-0.4, -0.2) is 28.3 Å². The number of furan rings is 1. The Morgan fingerprint density at radius 3 is 2.95 bits per heavy atom. The summed E-state index contributed by atoms with van der Waals surface area (Å²) in [5.74, 6) is 1.00. The van der Waals surface area contributed by atoms with Crippen LogP contribution in [0.25, 0.3) is 11.3 Å². The van der Waals surface area contributed by atoms with Crippen LogP contribution in [0.5, 0.6) is 0 Å². The van der Waals surface area contributed by atoms with Crippen molar-refractivity contribution in [3.63, 3.8) is 0 Å². The SMILES string of the molecule is O=C(NC1=NCCS1)c1ccc(-c2cccc([N+](=O)[O-])c2)o1. The molecule has 0 unspecified atom stereocenters. The van der Waals surface area contributed by atoms with Gasteiger partial charge in [0, 0.05) is 23.4 Å². The van der Waals surface area contributed by atoms with E-state index >= 15 is 0 Å². The highest BCUT2D eigenvalue weighted by Crippen LogP contribution is 2.25. The average molecular weight is 317 g/mol. The van der Waals surface area contributed by atoms with E-state index in [1.54, 1.807) is 18.2 Å². The third-order valence-electron chi connectivity index (χ3n) is 2.98. The summed E-state index contributed by atoms with van der Waals surface area (Å²) in [5, 5.41) is 14.0. The number of nitro benzene ring substituents is 1. The van der Waals surface area contributed by atoms with Crippen LogP contribution in [0.2, 0.25) is 0 Å². The van der Waals surface area contributed by atoms with Gasteiger partial charge >= 0.3 is 0 Å². The number of nitrogens with one attached hydrogen (secondary N) is 1. The lowest BCUT2D eigenvalue weighted by Gasteiger charge is -2.01. The molecule has 1 aliphatic heterocycles. The first-order valence-corrected chi connectivity index (χ1v) is 7.45. The van der Waals surface area contributed by atoms with Gasteiger partial charge in [-0.2, -0.15) is 0 Å². The Labute approximate surface area is 129 Å². The van der Waals surface area contributed by atoms with E-state index in [9.17, 15) is 14.9 Å². The molecule has 1 amide bonds. The number of hydrogen-bond donors (Lipinski definition) is 1. The summed E-state index contributed by atoms with van der Waals surface area (Å²) in [6.45, 7) is 0.692. The monoisotopic (exact) mass is 317 g/mol. The molecule has 7 nitrogen and oxygen atoms in total. The van der Waals surface area contributed by atoms with Crippen molar-refractivity contribution < 1.29 is 14.1 Å². The molecule has 0 atom stereocenters. The molecule has 0 bridgehead atoms. The van der Waals surface area contributed by atoms with Crippen molar-refractivity contribution in [3.05, 3.63) is 52.3 Å². The largest absolute Gasteiger partial charge is 0.451 e. The van der Waals surface area contributed by atoms with Crippen LogP contribution < -0.4 is 5.32 Å². The van der Waals surface area contributed by atoms with E-state index in [1.165, 1.54) is 30.0 Å². The molecule has 0 saturated carbocycles. The van der Waals surface area contributed by atoms with Gasteiger partial charge in [-0.25, -0.2) is 0 Å². The van der Waals surface area contributed by atoms with Crippen molar-refractivity contribution in [3.8, 4) is 11.3 Å². The van der Waals surface area contributed by atoms with Crippen molar-refractivity contribution in [2.75, 3.05) is 12.3 Å². The fraction of sp³-hybridized carbons (Fsp3) is 0.143. The highest BCUT2D eigenvalue weighted by Gasteiger charge is 2.17. The van der Waals surface area contributed by atoms with Gasteiger partial charge < -0.3 is 4.42 Å². The molecule has 112 valence electrons. The minimum absolute atomic E-state index is 0.0309. The normalized spacial score (nSPS) is 13.7. The number of aliphatic imine (C=N–C) groups is 1. The molecule has 0 spiro atoms. The summed E-state index contributed by atoms with van der Waals surface area (Å²) in [4.78, 5) is 26.5. The zero-order valence-corrected chi connectivity index (χ0v) is 12.1. The molecule has 0 radical (unpaired) electrons. The maximum atomic E-state index is 12.0. The summed E-state index contributed by atoms with van der Waals surface area (Å²) >= 11 is 1.48. The van der Waals surface area contributed by atoms with Crippen LogP contribution in [0.15, 0.2) is 45.8 Å². The summed E-state index contributed by atoms with van der Waals surface area (Å²) in [5.41, 5.74) is 0.512. The van der Waals surface area contributed by atoms with E-state index < -0.39 is 4.92 Å². The van der Waals surface area contributed by atoms with Crippen LogP contribution in [0.1, 0.15) is 10.6 Å². The fourth-order valence-corrected chi connectivity index (χ4v) is 2.68. The van der Waals surface area contributed by atoms with Gasteiger partial charge in [-0.3, -0.25) is 25.2 Å². The van der Waals surface area contributed by atoms with E-state index in [0.717, 1.165) is 5.75 Å². The van der Waals surface area contributed by atoms with Gasteiger partial charge in [0.1, 0.15) is 5.76 Å². The first kappa shape index (κ1) is 14.3. The van der Waals surface area contributed by atoms with Crippen molar-refractivity contribution >= 4 is 28.5 Å². The first-order valence-electron chi connectivity index (χ1n) is 6.47. The smallest absolute Gasteiger partial charge is 0.292 e. The molecule has 1 aliphatic rings. The Hall–Kier alpha value is -2.61.